The maximum Gasteiger partial charge on any atom is 0.181 e. The minimum Gasteiger partial charge on any atom is -0.376 e. The Labute approximate surface area is 189 Å². The minimum atomic E-state index is 0.636. The van der Waals surface area contributed by atoms with Crippen molar-refractivity contribution in [2.45, 2.75) is 6.92 Å². The van der Waals surface area contributed by atoms with Crippen molar-refractivity contribution in [3.05, 3.63) is 67.1 Å². The van der Waals surface area contributed by atoms with Crippen LogP contribution in [0.2, 0.25) is 0 Å². The first-order chi connectivity index (χ1) is 16.1. The molecule has 0 spiro atoms. The predicted octanol–water partition coefficient (Wildman–Crippen LogP) is 4.12. The topological polar surface area (TPSA) is 104 Å². The first-order valence-corrected chi connectivity index (χ1v) is 10.5. The fraction of sp³-hybridized carbons (Fsp3) is 0.125. The number of anilines is 1. The molecule has 0 saturated heterocycles. The van der Waals surface area contributed by atoms with Crippen molar-refractivity contribution >= 4 is 27.8 Å². The maximum absolute atomic E-state index is 4.91. The van der Waals surface area contributed by atoms with Gasteiger partial charge in [0.1, 0.15) is 11.2 Å². The Morgan fingerprint density at radius 1 is 1.00 bits per heavy atom. The number of para-hydroxylation sites is 1. The van der Waals surface area contributed by atoms with Crippen molar-refractivity contribution < 1.29 is 0 Å². The number of nitrogens with one attached hydrogen (secondary N) is 2. The molecule has 2 N–H and O–H groups in total. The number of pyridine rings is 2. The number of H-pyrrole nitrogens is 2. The molecule has 0 aliphatic carbocycles. The molecule has 0 aliphatic rings. The van der Waals surface area contributed by atoms with Gasteiger partial charge in [0.2, 0.25) is 0 Å². The monoisotopic (exact) mass is 435 g/mol. The van der Waals surface area contributed by atoms with E-state index < -0.39 is 0 Å². The highest BCUT2D eigenvalue weighted by atomic mass is 15.2. The average molecular weight is 435 g/mol. The smallest absolute Gasteiger partial charge is 0.181 e. The molecule has 5 aromatic heterocycles. The Morgan fingerprint density at radius 2 is 1.88 bits per heavy atom. The molecule has 9 heteroatoms. The van der Waals surface area contributed by atoms with Crippen LogP contribution in [-0.4, -0.2) is 53.8 Å². The average Bonchev–Trinajstić information content (AvgIpc) is 3.55. The predicted molar refractivity (Wildman–Crippen MR) is 128 cm³/mol. The molecule has 0 unspecified atom stereocenters. The molecular formula is C24H21N9. The van der Waals surface area contributed by atoms with Crippen LogP contribution in [0.4, 0.5) is 5.69 Å². The van der Waals surface area contributed by atoms with E-state index in [9.17, 15) is 0 Å². The number of aryl methyl sites for hydroxylation is 1. The molecule has 0 atom stereocenters. The molecule has 6 aromatic rings. The third-order valence-electron chi connectivity index (χ3n) is 5.70. The normalized spacial score (nSPS) is 11.5. The number of aromatic amines is 2. The summed E-state index contributed by atoms with van der Waals surface area (Å²) in [5, 5.41) is 8.40. The molecule has 0 radical (unpaired) electrons. The highest BCUT2D eigenvalue weighted by Gasteiger charge is 2.16. The highest BCUT2D eigenvalue weighted by molar-refractivity contribution is 5.94. The second-order valence-electron chi connectivity index (χ2n) is 8.20. The molecule has 0 bridgehead atoms. The van der Waals surface area contributed by atoms with Gasteiger partial charge in [-0.05, 0) is 31.2 Å². The van der Waals surface area contributed by atoms with E-state index in [1.807, 2.05) is 73.5 Å². The van der Waals surface area contributed by atoms with Crippen LogP contribution in [0.1, 0.15) is 5.69 Å². The summed E-state index contributed by atoms with van der Waals surface area (Å²) < 4.78 is 1.98. The number of hydrogen-bond donors (Lipinski definition) is 2. The Kier molecular flexibility index (Phi) is 4.22. The molecule has 0 saturated carbocycles. The number of rotatable bonds is 4. The Bertz CT molecular complexity index is 1620. The Morgan fingerprint density at radius 3 is 2.70 bits per heavy atom. The van der Waals surface area contributed by atoms with Crippen molar-refractivity contribution in [2.75, 3.05) is 19.0 Å². The van der Waals surface area contributed by atoms with Gasteiger partial charge in [0.15, 0.2) is 11.5 Å². The second kappa shape index (κ2) is 7.27. The fourth-order valence-electron chi connectivity index (χ4n) is 3.97. The van der Waals surface area contributed by atoms with E-state index in [4.69, 9.17) is 4.98 Å². The second-order valence-corrected chi connectivity index (χ2v) is 8.20. The molecule has 9 nitrogen and oxygen atoms in total. The van der Waals surface area contributed by atoms with Crippen LogP contribution < -0.4 is 4.90 Å². The zero-order valence-electron chi connectivity index (χ0n) is 18.4. The Balaban J connectivity index is 1.48. The van der Waals surface area contributed by atoms with Gasteiger partial charge in [-0.3, -0.25) is 10.1 Å². The number of benzene rings is 1. The summed E-state index contributed by atoms with van der Waals surface area (Å²) in [6, 6.07) is 10.2. The van der Waals surface area contributed by atoms with Gasteiger partial charge in [-0.15, -0.1) is 0 Å². The molecular weight excluding hydrogens is 414 g/mol. The van der Waals surface area contributed by atoms with Gasteiger partial charge in [0.05, 0.1) is 40.5 Å². The van der Waals surface area contributed by atoms with Crippen LogP contribution in [0.3, 0.4) is 0 Å². The van der Waals surface area contributed by atoms with Gasteiger partial charge >= 0.3 is 0 Å². The summed E-state index contributed by atoms with van der Waals surface area (Å²) in [7, 11) is 3.99. The lowest BCUT2D eigenvalue weighted by molar-refractivity contribution is 1.06. The number of hydrogen-bond acceptors (Lipinski definition) is 6. The van der Waals surface area contributed by atoms with E-state index in [-0.39, 0.29) is 0 Å². The van der Waals surface area contributed by atoms with E-state index in [2.05, 4.69) is 42.3 Å². The molecule has 6 rings (SSSR count). The van der Waals surface area contributed by atoms with Crippen LogP contribution in [0.5, 0.6) is 0 Å². The number of aromatic nitrogens is 8. The van der Waals surface area contributed by atoms with Crippen molar-refractivity contribution in [3.63, 3.8) is 0 Å². The van der Waals surface area contributed by atoms with Crippen LogP contribution in [0, 0.1) is 6.92 Å². The van der Waals surface area contributed by atoms with Gasteiger partial charge in [-0.1, -0.05) is 6.07 Å². The number of nitrogens with zero attached hydrogens (tertiary/aromatic N) is 7. The van der Waals surface area contributed by atoms with Gasteiger partial charge in [-0.2, -0.15) is 5.10 Å². The Hall–Kier alpha value is -4.53. The van der Waals surface area contributed by atoms with E-state index in [0.717, 1.165) is 50.3 Å². The van der Waals surface area contributed by atoms with E-state index in [1.165, 1.54) is 0 Å². The molecule has 162 valence electrons. The van der Waals surface area contributed by atoms with Gasteiger partial charge in [-0.25, -0.2) is 15.0 Å². The first-order valence-electron chi connectivity index (χ1n) is 10.5. The zero-order chi connectivity index (χ0) is 22.5. The van der Waals surface area contributed by atoms with Crippen molar-refractivity contribution in [3.8, 4) is 28.3 Å². The molecule has 33 heavy (non-hydrogen) atoms. The first kappa shape index (κ1) is 19.2. The zero-order valence-corrected chi connectivity index (χ0v) is 18.4. The minimum absolute atomic E-state index is 0.636. The third kappa shape index (κ3) is 3.21. The van der Waals surface area contributed by atoms with Crippen molar-refractivity contribution in [1.29, 1.82) is 0 Å². The van der Waals surface area contributed by atoms with Gasteiger partial charge in [0, 0.05) is 43.8 Å². The molecule has 0 fully saturated rings. The third-order valence-corrected chi connectivity index (χ3v) is 5.70. The molecule has 5 heterocycles. The summed E-state index contributed by atoms with van der Waals surface area (Å²) in [6.07, 6.45) is 9.29. The fourth-order valence-corrected chi connectivity index (χ4v) is 3.97. The lowest BCUT2D eigenvalue weighted by atomic mass is 10.1. The van der Waals surface area contributed by atoms with Crippen molar-refractivity contribution in [1.82, 2.24) is 39.7 Å². The quantitative estimate of drug-likeness (QED) is 0.432. The number of fused-ring (bicyclic) bond motifs is 2. The summed E-state index contributed by atoms with van der Waals surface area (Å²) in [5.41, 5.74) is 8.12. The van der Waals surface area contributed by atoms with Gasteiger partial charge in [0.25, 0.3) is 0 Å². The molecule has 1 aromatic carbocycles. The maximum atomic E-state index is 4.91. The summed E-state index contributed by atoms with van der Waals surface area (Å²) in [5.74, 6) is 0.705. The van der Waals surface area contributed by atoms with Crippen molar-refractivity contribution in [2.24, 2.45) is 0 Å². The van der Waals surface area contributed by atoms with Crippen LogP contribution in [-0.2, 0) is 0 Å². The van der Waals surface area contributed by atoms with E-state index in [1.54, 1.807) is 6.33 Å². The van der Waals surface area contributed by atoms with E-state index in [0.29, 0.717) is 11.5 Å². The molecule has 0 aliphatic heterocycles. The molecule has 0 amide bonds. The number of imidazole rings is 2. The van der Waals surface area contributed by atoms with Crippen LogP contribution in [0.25, 0.3) is 50.4 Å². The van der Waals surface area contributed by atoms with Crippen LogP contribution >= 0.6 is 0 Å². The summed E-state index contributed by atoms with van der Waals surface area (Å²) in [6.45, 7) is 1.97. The van der Waals surface area contributed by atoms with Gasteiger partial charge < -0.3 is 14.5 Å². The SMILES string of the molecule is Cc1cn(-c2cccc3[nH]c(-c4[nH]nc5ncc(-c6cncc(N(C)C)c6)cc45)nc23)cn1. The highest BCUT2D eigenvalue weighted by Crippen LogP contribution is 2.31. The summed E-state index contributed by atoms with van der Waals surface area (Å²) >= 11 is 0. The van der Waals surface area contributed by atoms with Crippen LogP contribution in [0.15, 0.2) is 61.4 Å². The standard InChI is InChI=1S/C24H21N9/c1-14-12-33(13-27-14)20-6-4-5-19-22(20)29-24(28-19)21-18-8-16(10-26-23(18)31-30-21)15-7-17(32(2)3)11-25-9-15/h4-13H,1-3H3,(H,28,29)(H,26,30,31). The largest absolute Gasteiger partial charge is 0.376 e. The lowest BCUT2D eigenvalue weighted by Crippen LogP contribution is -2.08. The van der Waals surface area contributed by atoms with E-state index >= 15 is 0 Å². The summed E-state index contributed by atoms with van der Waals surface area (Å²) in [4.78, 5) is 23.7. The lowest BCUT2D eigenvalue weighted by Gasteiger charge is -2.12.